The van der Waals surface area contributed by atoms with Crippen LogP contribution in [0.2, 0.25) is 5.15 Å². The second-order valence-corrected chi connectivity index (χ2v) is 8.81. The van der Waals surface area contributed by atoms with Crippen LogP contribution in [0.4, 0.5) is 4.39 Å². The van der Waals surface area contributed by atoms with Crippen molar-refractivity contribution in [1.82, 2.24) is 20.0 Å². The first-order valence-corrected chi connectivity index (χ1v) is 11.4. The number of carbonyl (C=O) groups excluding carboxylic acids is 1. The summed E-state index contributed by atoms with van der Waals surface area (Å²) in [6, 6.07) is 14.4. The highest BCUT2D eigenvalue weighted by Crippen LogP contribution is 2.21. The molecule has 6 nitrogen and oxygen atoms in total. The van der Waals surface area contributed by atoms with Gasteiger partial charge in [-0.15, -0.1) is 0 Å². The number of nitrogens with one attached hydrogen (secondary N) is 1. The molecule has 0 aliphatic carbocycles. The molecule has 0 radical (unpaired) electrons. The topological polar surface area (TPSA) is 59.4 Å². The molecule has 0 bridgehead atoms. The molecule has 1 amide bonds. The van der Waals surface area contributed by atoms with Crippen molar-refractivity contribution in [2.24, 2.45) is 0 Å². The number of carbonyl (C=O) groups is 1. The molecule has 1 aliphatic rings. The summed E-state index contributed by atoms with van der Waals surface area (Å²) in [5, 5.41) is 7.63. The number of nitrogens with zero attached hydrogens (tertiary/aromatic N) is 3. The first kappa shape index (κ1) is 23.4. The third-order valence-electron chi connectivity index (χ3n) is 5.71. The summed E-state index contributed by atoms with van der Waals surface area (Å²) in [4.78, 5) is 15.3. The molecule has 0 saturated carbocycles. The minimum absolute atomic E-state index is 0.248. The smallest absolute Gasteiger partial charge is 0.256 e. The van der Waals surface area contributed by atoms with Gasteiger partial charge in [-0.3, -0.25) is 9.69 Å². The number of ether oxygens (including phenoxy) is 1. The van der Waals surface area contributed by atoms with Gasteiger partial charge >= 0.3 is 0 Å². The Balaban J connectivity index is 1.38. The van der Waals surface area contributed by atoms with Crippen molar-refractivity contribution in [2.45, 2.75) is 39.6 Å². The molecule has 1 aliphatic heterocycles. The molecule has 3 aromatic rings. The maximum atomic E-state index is 13.2. The molecule has 2 heterocycles. The maximum Gasteiger partial charge on any atom is 0.256 e. The van der Waals surface area contributed by atoms with E-state index in [1.54, 1.807) is 23.7 Å². The number of morpholine rings is 1. The Hall–Kier alpha value is -2.74. The largest absolute Gasteiger partial charge is 0.376 e. The van der Waals surface area contributed by atoms with E-state index in [1.165, 1.54) is 17.7 Å². The fourth-order valence-corrected chi connectivity index (χ4v) is 4.40. The van der Waals surface area contributed by atoms with Crippen LogP contribution in [-0.2, 0) is 24.4 Å². The van der Waals surface area contributed by atoms with Crippen molar-refractivity contribution in [3.8, 4) is 0 Å². The van der Waals surface area contributed by atoms with E-state index in [1.807, 2.05) is 12.1 Å². The lowest BCUT2D eigenvalue weighted by Crippen LogP contribution is -2.40. The van der Waals surface area contributed by atoms with Crippen LogP contribution in [0.15, 0.2) is 48.5 Å². The second kappa shape index (κ2) is 10.5. The maximum absolute atomic E-state index is 13.2. The quantitative estimate of drug-likeness (QED) is 0.562. The van der Waals surface area contributed by atoms with Gasteiger partial charge in [0, 0.05) is 26.2 Å². The van der Waals surface area contributed by atoms with Crippen LogP contribution in [0.1, 0.15) is 39.7 Å². The van der Waals surface area contributed by atoms with Crippen molar-refractivity contribution in [2.75, 3.05) is 19.7 Å². The highest BCUT2D eigenvalue weighted by Gasteiger charge is 2.21. The molecule has 1 unspecified atom stereocenters. The molecule has 2 aromatic carbocycles. The van der Waals surface area contributed by atoms with Gasteiger partial charge in [-0.05, 0) is 42.7 Å². The molecule has 4 rings (SSSR count). The van der Waals surface area contributed by atoms with Crippen molar-refractivity contribution in [1.29, 1.82) is 0 Å². The van der Waals surface area contributed by atoms with E-state index in [0.717, 1.165) is 37.4 Å². The summed E-state index contributed by atoms with van der Waals surface area (Å²) in [5.74, 6) is -0.569. The molecule has 33 heavy (non-hydrogen) atoms. The lowest BCUT2D eigenvalue weighted by atomic mass is 10.1. The number of aryl methyl sites for hydroxylation is 1. The van der Waals surface area contributed by atoms with Gasteiger partial charge in [0.05, 0.1) is 30.5 Å². The van der Waals surface area contributed by atoms with Crippen LogP contribution >= 0.6 is 11.6 Å². The summed E-state index contributed by atoms with van der Waals surface area (Å²) in [7, 11) is 0. The molecular weight excluding hydrogens is 443 g/mol. The molecule has 1 saturated heterocycles. The van der Waals surface area contributed by atoms with Gasteiger partial charge in [0.15, 0.2) is 0 Å². The Kier molecular flexibility index (Phi) is 7.42. The summed E-state index contributed by atoms with van der Waals surface area (Å²) < 4.78 is 20.3. The monoisotopic (exact) mass is 470 g/mol. The molecule has 8 heteroatoms. The fraction of sp³-hybridized carbons (Fsp3) is 0.360. The Morgan fingerprint density at radius 3 is 2.70 bits per heavy atom. The highest BCUT2D eigenvalue weighted by atomic mass is 35.5. The molecule has 1 N–H and O–H groups in total. The van der Waals surface area contributed by atoms with Crippen molar-refractivity contribution < 1.29 is 13.9 Å². The third-order valence-corrected chi connectivity index (χ3v) is 6.10. The minimum atomic E-state index is -0.301. The predicted molar refractivity (Wildman–Crippen MR) is 126 cm³/mol. The van der Waals surface area contributed by atoms with Gasteiger partial charge in [0.2, 0.25) is 0 Å². The zero-order valence-electron chi connectivity index (χ0n) is 18.9. The van der Waals surface area contributed by atoms with Crippen molar-refractivity contribution >= 4 is 17.5 Å². The third kappa shape index (κ3) is 5.99. The van der Waals surface area contributed by atoms with E-state index in [9.17, 15) is 9.18 Å². The highest BCUT2D eigenvalue weighted by molar-refractivity contribution is 6.33. The summed E-state index contributed by atoms with van der Waals surface area (Å²) in [6.07, 6.45) is 0.248. The van der Waals surface area contributed by atoms with E-state index < -0.39 is 0 Å². The zero-order chi connectivity index (χ0) is 23.4. The number of benzene rings is 2. The Morgan fingerprint density at radius 2 is 1.94 bits per heavy atom. The Bertz CT molecular complexity index is 1120. The van der Waals surface area contributed by atoms with Crippen LogP contribution in [0.5, 0.6) is 0 Å². The molecule has 1 atom stereocenters. The van der Waals surface area contributed by atoms with Crippen LogP contribution in [0, 0.1) is 12.7 Å². The number of hydrogen-bond acceptors (Lipinski definition) is 4. The van der Waals surface area contributed by atoms with E-state index in [4.69, 9.17) is 16.3 Å². The minimum Gasteiger partial charge on any atom is -0.376 e. The molecule has 1 fully saturated rings. The lowest BCUT2D eigenvalue weighted by Gasteiger charge is -2.31. The van der Waals surface area contributed by atoms with Gasteiger partial charge < -0.3 is 10.1 Å². The number of amides is 1. The first-order chi connectivity index (χ1) is 15.9. The average molecular weight is 471 g/mol. The first-order valence-electron chi connectivity index (χ1n) is 11.1. The molecule has 0 spiro atoms. The zero-order valence-corrected chi connectivity index (χ0v) is 19.6. The summed E-state index contributed by atoms with van der Waals surface area (Å²) in [5.41, 5.74) is 3.98. The van der Waals surface area contributed by atoms with E-state index in [-0.39, 0.29) is 23.0 Å². The van der Waals surface area contributed by atoms with Crippen LogP contribution < -0.4 is 5.32 Å². The Labute approximate surface area is 198 Å². The SMILES string of the molecule is Cc1nn(Cc2ccc(F)cc2)c(Cl)c1C(=O)NCc1cccc(CN2CCOC(C)C2)c1. The number of halogens is 2. The van der Waals surface area contributed by atoms with Gasteiger partial charge in [0.1, 0.15) is 11.0 Å². The average Bonchev–Trinajstić information content (AvgIpc) is 3.07. The van der Waals surface area contributed by atoms with Gasteiger partial charge in [-0.25, -0.2) is 9.07 Å². The van der Waals surface area contributed by atoms with Crippen LogP contribution in [0.25, 0.3) is 0 Å². The van der Waals surface area contributed by atoms with Crippen molar-refractivity contribution in [3.63, 3.8) is 0 Å². The summed E-state index contributed by atoms with van der Waals surface area (Å²) in [6.45, 7) is 8.05. The summed E-state index contributed by atoms with van der Waals surface area (Å²) >= 11 is 6.48. The number of aromatic nitrogens is 2. The van der Waals surface area contributed by atoms with Crippen LogP contribution in [-0.4, -0.2) is 46.4 Å². The fourth-order valence-electron chi connectivity index (χ4n) is 4.08. The molecule has 174 valence electrons. The van der Waals surface area contributed by atoms with E-state index in [2.05, 4.69) is 34.4 Å². The number of hydrogen-bond donors (Lipinski definition) is 1. The predicted octanol–water partition coefficient (Wildman–Crippen LogP) is 4.18. The van der Waals surface area contributed by atoms with Crippen LogP contribution in [0.3, 0.4) is 0 Å². The lowest BCUT2D eigenvalue weighted by molar-refractivity contribution is -0.0212. The standard InChI is InChI=1S/C25H28ClFN4O2/c1-17-14-30(10-11-33-17)15-21-5-3-4-20(12-21)13-28-25(32)23-18(2)29-31(24(23)26)16-19-6-8-22(27)9-7-19/h3-9,12,17H,10-11,13-16H2,1-2H3,(H,28,32). The number of rotatable bonds is 7. The second-order valence-electron chi connectivity index (χ2n) is 8.45. The molecule has 1 aromatic heterocycles. The van der Waals surface area contributed by atoms with Gasteiger partial charge in [-0.1, -0.05) is 48.0 Å². The van der Waals surface area contributed by atoms with E-state index >= 15 is 0 Å². The normalized spacial score (nSPS) is 16.7. The van der Waals surface area contributed by atoms with Gasteiger partial charge in [-0.2, -0.15) is 5.10 Å². The molecular formula is C25H28ClFN4O2. The van der Waals surface area contributed by atoms with E-state index in [0.29, 0.717) is 24.3 Å². The van der Waals surface area contributed by atoms with Gasteiger partial charge in [0.25, 0.3) is 5.91 Å². The van der Waals surface area contributed by atoms with Crippen molar-refractivity contribution in [3.05, 3.63) is 87.4 Å². The Morgan fingerprint density at radius 1 is 1.18 bits per heavy atom.